The van der Waals surface area contributed by atoms with E-state index in [0.29, 0.717) is 6.04 Å². The lowest BCUT2D eigenvalue weighted by Gasteiger charge is -2.11. The third-order valence-corrected chi connectivity index (χ3v) is 3.71. The Morgan fingerprint density at radius 3 is 2.50 bits per heavy atom. The Hall–Kier alpha value is -1.31. The van der Waals surface area contributed by atoms with E-state index in [9.17, 15) is 0 Å². The summed E-state index contributed by atoms with van der Waals surface area (Å²) in [5, 5.41) is 4.23. The number of hydrogen-bond acceptors (Lipinski definition) is 1. The smallest absolute Gasteiger partial charge is 0.0487 e. The summed E-state index contributed by atoms with van der Waals surface area (Å²) < 4.78 is 0. The second kappa shape index (κ2) is 6.92. The molecule has 20 heavy (non-hydrogen) atoms. The fourth-order valence-electron chi connectivity index (χ4n) is 2.18. The van der Waals surface area contributed by atoms with Gasteiger partial charge in [-0.15, -0.1) is 0 Å². The van der Waals surface area contributed by atoms with Crippen LogP contribution < -0.4 is 5.32 Å². The van der Waals surface area contributed by atoms with Crippen molar-refractivity contribution in [2.24, 2.45) is 0 Å². The van der Waals surface area contributed by atoms with E-state index in [0.717, 1.165) is 23.6 Å². The summed E-state index contributed by atoms with van der Waals surface area (Å²) in [6.07, 6.45) is 1.04. The van der Waals surface area contributed by atoms with Crippen molar-refractivity contribution >= 4 is 11.6 Å². The first-order chi connectivity index (χ1) is 9.60. The lowest BCUT2D eigenvalue weighted by Crippen LogP contribution is -2.21. The van der Waals surface area contributed by atoms with Crippen LogP contribution in [-0.2, 0) is 13.0 Å². The Kier molecular flexibility index (Phi) is 5.22. The molecule has 0 aromatic heterocycles. The van der Waals surface area contributed by atoms with Gasteiger partial charge in [0.2, 0.25) is 0 Å². The topological polar surface area (TPSA) is 12.0 Å². The number of rotatable bonds is 5. The van der Waals surface area contributed by atoms with Crippen LogP contribution in [0.4, 0.5) is 0 Å². The normalized spacial score (nSPS) is 11.1. The molecular formula is C18H22ClN. The molecular weight excluding hydrogens is 266 g/mol. The molecule has 0 bridgehead atoms. The highest BCUT2D eigenvalue weighted by Crippen LogP contribution is 2.29. The van der Waals surface area contributed by atoms with Gasteiger partial charge < -0.3 is 5.32 Å². The van der Waals surface area contributed by atoms with E-state index in [1.807, 2.05) is 0 Å². The number of aryl methyl sites for hydroxylation is 1. The van der Waals surface area contributed by atoms with Crippen LogP contribution >= 0.6 is 11.6 Å². The molecule has 2 aromatic carbocycles. The zero-order valence-electron chi connectivity index (χ0n) is 12.4. The molecule has 0 aliphatic carbocycles. The molecule has 1 N–H and O–H groups in total. The van der Waals surface area contributed by atoms with Crippen LogP contribution in [0.15, 0.2) is 42.5 Å². The summed E-state index contributed by atoms with van der Waals surface area (Å²) in [5.41, 5.74) is 4.86. The van der Waals surface area contributed by atoms with Crippen molar-refractivity contribution in [2.45, 2.75) is 39.8 Å². The molecule has 0 aliphatic heterocycles. The molecule has 0 saturated heterocycles. The third kappa shape index (κ3) is 3.84. The molecule has 106 valence electrons. The molecule has 0 spiro atoms. The first-order valence-corrected chi connectivity index (χ1v) is 7.59. The largest absolute Gasteiger partial charge is 0.310 e. The van der Waals surface area contributed by atoms with Gasteiger partial charge in [-0.1, -0.05) is 68.8 Å². The highest BCUT2D eigenvalue weighted by Gasteiger charge is 2.05. The van der Waals surface area contributed by atoms with Crippen molar-refractivity contribution in [1.82, 2.24) is 5.32 Å². The van der Waals surface area contributed by atoms with Crippen molar-refractivity contribution < 1.29 is 0 Å². The maximum Gasteiger partial charge on any atom is 0.0487 e. The van der Waals surface area contributed by atoms with E-state index < -0.39 is 0 Å². The maximum absolute atomic E-state index is 6.45. The van der Waals surface area contributed by atoms with Gasteiger partial charge in [-0.2, -0.15) is 0 Å². The van der Waals surface area contributed by atoms with Crippen LogP contribution in [-0.4, -0.2) is 6.04 Å². The molecule has 0 radical (unpaired) electrons. The summed E-state index contributed by atoms with van der Waals surface area (Å²) in [6, 6.07) is 15.4. The van der Waals surface area contributed by atoms with E-state index in [1.165, 1.54) is 16.7 Å². The van der Waals surface area contributed by atoms with E-state index >= 15 is 0 Å². The van der Waals surface area contributed by atoms with Crippen molar-refractivity contribution in [2.75, 3.05) is 0 Å². The number of halogens is 1. The standard InChI is InChI=1S/C18H22ClN/c1-4-14-6-5-7-16(10-14)17-9-8-15(11-18(17)19)12-20-13(2)3/h5-11,13,20H,4,12H2,1-3H3. The summed E-state index contributed by atoms with van der Waals surface area (Å²) in [4.78, 5) is 0. The number of hydrogen-bond donors (Lipinski definition) is 1. The third-order valence-electron chi connectivity index (χ3n) is 3.39. The zero-order chi connectivity index (χ0) is 14.5. The predicted octanol–water partition coefficient (Wildman–Crippen LogP) is 5.07. The monoisotopic (exact) mass is 287 g/mol. The summed E-state index contributed by atoms with van der Waals surface area (Å²) in [7, 11) is 0. The molecule has 1 nitrogen and oxygen atoms in total. The first kappa shape index (κ1) is 15.1. The Labute approximate surface area is 127 Å². The first-order valence-electron chi connectivity index (χ1n) is 7.21. The average Bonchev–Trinajstić information content (AvgIpc) is 2.45. The van der Waals surface area contributed by atoms with Crippen LogP contribution in [0.1, 0.15) is 31.9 Å². The Balaban J connectivity index is 2.24. The van der Waals surface area contributed by atoms with E-state index in [-0.39, 0.29) is 0 Å². The van der Waals surface area contributed by atoms with Gasteiger partial charge in [0.1, 0.15) is 0 Å². The molecule has 0 unspecified atom stereocenters. The second-order valence-corrected chi connectivity index (χ2v) is 5.81. The fourth-order valence-corrected chi connectivity index (χ4v) is 2.50. The van der Waals surface area contributed by atoms with Gasteiger partial charge in [0.25, 0.3) is 0 Å². The van der Waals surface area contributed by atoms with Crippen LogP contribution in [0.25, 0.3) is 11.1 Å². The van der Waals surface area contributed by atoms with E-state index in [2.05, 4.69) is 68.6 Å². The zero-order valence-corrected chi connectivity index (χ0v) is 13.2. The van der Waals surface area contributed by atoms with E-state index in [1.54, 1.807) is 0 Å². The van der Waals surface area contributed by atoms with Crippen LogP contribution in [0, 0.1) is 0 Å². The van der Waals surface area contributed by atoms with Gasteiger partial charge in [-0.05, 0) is 29.2 Å². The molecule has 2 rings (SSSR count). The molecule has 0 fully saturated rings. The Bertz CT molecular complexity index is 575. The molecule has 2 heteroatoms. The van der Waals surface area contributed by atoms with E-state index in [4.69, 9.17) is 11.6 Å². The van der Waals surface area contributed by atoms with Gasteiger partial charge in [0.15, 0.2) is 0 Å². The van der Waals surface area contributed by atoms with Gasteiger partial charge >= 0.3 is 0 Å². The quantitative estimate of drug-likeness (QED) is 0.810. The van der Waals surface area contributed by atoms with Crippen LogP contribution in [0.5, 0.6) is 0 Å². The maximum atomic E-state index is 6.45. The minimum absolute atomic E-state index is 0.481. The molecule has 0 amide bonds. The second-order valence-electron chi connectivity index (χ2n) is 5.40. The lowest BCUT2D eigenvalue weighted by molar-refractivity contribution is 0.589. The SMILES string of the molecule is CCc1cccc(-c2ccc(CNC(C)C)cc2Cl)c1. The highest BCUT2D eigenvalue weighted by molar-refractivity contribution is 6.33. The lowest BCUT2D eigenvalue weighted by atomic mass is 10.0. The average molecular weight is 288 g/mol. The highest BCUT2D eigenvalue weighted by atomic mass is 35.5. The predicted molar refractivity (Wildman–Crippen MR) is 88.2 cm³/mol. The summed E-state index contributed by atoms with van der Waals surface area (Å²) in [5.74, 6) is 0. The van der Waals surface area contributed by atoms with Crippen molar-refractivity contribution in [1.29, 1.82) is 0 Å². The minimum atomic E-state index is 0.481. The van der Waals surface area contributed by atoms with Crippen molar-refractivity contribution in [3.8, 4) is 11.1 Å². The van der Waals surface area contributed by atoms with Gasteiger partial charge in [0, 0.05) is 23.2 Å². The molecule has 0 aliphatic rings. The van der Waals surface area contributed by atoms with Crippen LogP contribution in [0.3, 0.4) is 0 Å². The summed E-state index contributed by atoms with van der Waals surface area (Å²) >= 11 is 6.45. The number of nitrogens with one attached hydrogen (secondary N) is 1. The summed E-state index contributed by atoms with van der Waals surface area (Å²) in [6.45, 7) is 7.31. The molecule has 0 saturated carbocycles. The van der Waals surface area contributed by atoms with Gasteiger partial charge in [0.05, 0.1) is 0 Å². The van der Waals surface area contributed by atoms with Crippen molar-refractivity contribution in [3.63, 3.8) is 0 Å². The van der Waals surface area contributed by atoms with Crippen molar-refractivity contribution in [3.05, 3.63) is 58.6 Å². The Morgan fingerprint density at radius 2 is 1.85 bits per heavy atom. The molecule has 2 aromatic rings. The molecule has 0 atom stereocenters. The van der Waals surface area contributed by atoms with Crippen LogP contribution in [0.2, 0.25) is 5.02 Å². The van der Waals surface area contributed by atoms with Gasteiger partial charge in [-0.3, -0.25) is 0 Å². The molecule has 0 heterocycles. The van der Waals surface area contributed by atoms with Gasteiger partial charge in [-0.25, -0.2) is 0 Å². The number of benzene rings is 2. The minimum Gasteiger partial charge on any atom is -0.310 e. The Morgan fingerprint density at radius 1 is 1.05 bits per heavy atom. The fraction of sp³-hybridized carbons (Fsp3) is 0.333.